The molecule has 1 atom stereocenters. The van der Waals surface area contributed by atoms with Gasteiger partial charge in [-0.2, -0.15) is 0 Å². The van der Waals surface area contributed by atoms with E-state index in [1.807, 2.05) is 24.3 Å². The summed E-state index contributed by atoms with van der Waals surface area (Å²) >= 11 is 0. The van der Waals surface area contributed by atoms with E-state index in [9.17, 15) is 9.59 Å². The molecule has 0 aromatic heterocycles. The highest BCUT2D eigenvalue weighted by Crippen LogP contribution is 2.29. The summed E-state index contributed by atoms with van der Waals surface area (Å²) in [6.45, 7) is 1.08. The molecule has 1 N–H and O–H groups in total. The predicted molar refractivity (Wildman–Crippen MR) is 88.4 cm³/mol. The molecule has 0 radical (unpaired) electrons. The molecule has 0 saturated carbocycles. The largest absolute Gasteiger partial charge is 0.496 e. The number of fused-ring (bicyclic) bond motifs is 1. The second kappa shape index (κ2) is 6.88. The summed E-state index contributed by atoms with van der Waals surface area (Å²) in [5.74, 6) is -0.329. The molecule has 0 aliphatic carbocycles. The second-order valence-corrected chi connectivity index (χ2v) is 5.70. The molecule has 0 bridgehead atoms. The van der Waals surface area contributed by atoms with E-state index in [1.165, 1.54) is 0 Å². The average Bonchev–Trinajstić information content (AvgIpc) is 2.60. The Morgan fingerprint density at radius 2 is 2.00 bits per heavy atom. The Labute approximate surface area is 139 Å². The first-order valence-electron chi connectivity index (χ1n) is 7.78. The smallest absolute Gasteiger partial charge is 0.306 e. The van der Waals surface area contributed by atoms with Crippen molar-refractivity contribution in [3.8, 4) is 5.75 Å². The van der Waals surface area contributed by atoms with E-state index in [4.69, 9.17) is 14.6 Å². The maximum Gasteiger partial charge on any atom is 0.306 e. The fourth-order valence-electron chi connectivity index (χ4n) is 3.03. The van der Waals surface area contributed by atoms with Gasteiger partial charge in [0.15, 0.2) is 0 Å². The number of benzene rings is 2. The van der Waals surface area contributed by atoms with Crippen molar-refractivity contribution in [3.05, 3.63) is 42.0 Å². The van der Waals surface area contributed by atoms with Crippen LogP contribution >= 0.6 is 0 Å². The van der Waals surface area contributed by atoms with Crippen molar-refractivity contribution < 1.29 is 24.2 Å². The van der Waals surface area contributed by atoms with Crippen LogP contribution in [0, 0.1) is 0 Å². The van der Waals surface area contributed by atoms with E-state index in [0.717, 1.165) is 10.8 Å². The highest BCUT2D eigenvalue weighted by molar-refractivity contribution is 6.08. The Morgan fingerprint density at radius 3 is 2.71 bits per heavy atom. The number of nitrogens with zero attached hydrogens (tertiary/aromatic N) is 1. The van der Waals surface area contributed by atoms with Gasteiger partial charge in [0.1, 0.15) is 5.75 Å². The molecule has 1 amide bonds. The zero-order valence-corrected chi connectivity index (χ0v) is 13.4. The first-order chi connectivity index (χ1) is 11.6. The van der Waals surface area contributed by atoms with Crippen LogP contribution in [0.15, 0.2) is 36.4 Å². The van der Waals surface area contributed by atoms with Crippen LogP contribution in [0.3, 0.4) is 0 Å². The van der Waals surface area contributed by atoms with Gasteiger partial charge in [0.25, 0.3) is 5.91 Å². The number of methoxy groups -OCH3 is 1. The van der Waals surface area contributed by atoms with Crippen molar-refractivity contribution in [2.24, 2.45) is 0 Å². The van der Waals surface area contributed by atoms with Crippen LogP contribution in [-0.4, -0.2) is 54.8 Å². The number of carbonyl (C=O) groups is 2. The molecule has 1 unspecified atom stereocenters. The van der Waals surface area contributed by atoms with Gasteiger partial charge < -0.3 is 19.5 Å². The maximum absolute atomic E-state index is 12.9. The molecule has 2 aromatic carbocycles. The zero-order valence-electron chi connectivity index (χ0n) is 13.4. The molecule has 6 nitrogen and oxygen atoms in total. The summed E-state index contributed by atoms with van der Waals surface area (Å²) < 4.78 is 10.8. The predicted octanol–water partition coefficient (Wildman–Crippen LogP) is 2.16. The monoisotopic (exact) mass is 329 g/mol. The quantitative estimate of drug-likeness (QED) is 0.930. The van der Waals surface area contributed by atoms with Crippen LogP contribution < -0.4 is 4.74 Å². The van der Waals surface area contributed by atoms with E-state index in [2.05, 4.69) is 0 Å². The summed E-state index contributed by atoms with van der Waals surface area (Å²) in [7, 11) is 1.60. The molecule has 1 saturated heterocycles. The number of ether oxygens (including phenoxy) is 2. The number of carboxylic acids is 1. The molecule has 0 spiro atoms. The molecular weight excluding hydrogens is 310 g/mol. The maximum atomic E-state index is 12.9. The molecule has 2 aromatic rings. The van der Waals surface area contributed by atoms with Gasteiger partial charge >= 0.3 is 5.97 Å². The van der Waals surface area contributed by atoms with Crippen LogP contribution in [0.4, 0.5) is 0 Å². The van der Waals surface area contributed by atoms with Crippen molar-refractivity contribution in [2.45, 2.75) is 12.5 Å². The van der Waals surface area contributed by atoms with Crippen molar-refractivity contribution in [1.82, 2.24) is 4.90 Å². The van der Waals surface area contributed by atoms with Gasteiger partial charge in [-0.3, -0.25) is 9.59 Å². The van der Waals surface area contributed by atoms with Gasteiger partial charge in [0, 0.05) is 24.0 Å². The van der Waals surface area contributed by atoms with E-state index in [0.29, 0.717) is 24.5 Å². The first kappa shape index (κ1) is 16.3. The van der Waals surface area contributed by atoms with Crippen LogP contribution in [0.2, 0.25) is 0 Å². The SMILES string of the molecule is COc1ccc(C(=O)N2CCOC(CC(=O)O)C2)c2ccccc12. The molecule has 126 valence electrons. The van der Waals surface area contributed by atoms with Gasteiger partial charge in [-0.25, -0.2) is 0 Å². The molecule has 6 heteroatoms. The third-order valence-corrected chi connectivity index (χ3v) is 4.16. The number of carboxylic acid groups (broad SMARTS) is 1. The Hall–Kier alpha value is -2.60. The summed E-state index contributed by atoms with van der Waals surface area (Å²) in [4.78, 5) is 25.4. The fraction of sp³-hybridized carbons (Fsp3) is 0.333. The minimum atomic E-state index is -0.927. The Morgan fingerprint density at radius 1 is 1.25 bits per heavy atom. The number of hydrogen-bond acceptors (Lipinski definition) is 4. The van der Waals surface area contributed by atoms with Gasteiger partial charge in [0.05, 0.1) is 26.2 Å². The fourth-order valence-corrected chi connectivity index (χ4v) is 3.03. The van der Waals surface area contributed by atoms with Gasteiger partial charge in [-0.05, 0) is 17.5 Å². The highest BCUT2D eigenvalue weighted by Gasteiger charge is 2.27. The molecule has 1 aliphatic rings. The van der Waals surface area contributed by atoms with Crippen LogP contribution in [0.25, 0.3) is 10.8 Å². The lowest BCUT2D eigenvalue weighted by Gasteiger charge is -2.32. The minimum Gasteiger partial charge on any atom is -0.496 e. The topological polar surface area (TPSA) is 76.1 Å². The van der Waals surface area contributed by atoms with Crippen molar-refractivity contribution in [1.29, 1.82) is 0 Å². The lowest BCUT2D eigenvalue weighted by molar-refractivity contribution is -0.141. The van der Waals surface area contributed by atoms with E-state index < -0.39 is 12.1 Å². The van der Waals surface area contributed by atoms with E-state index >= 15 is 0 Å². The number of carbonyl (C=O) groups excluding carboxylic acids is 1. The lowest BCUT2D eigenvalue weighted by atomic mass is 10.0. The number of amides is 1. The van der Waals surface area contributed by atoms with Crippen molar-refractivity contribution in [2.75, 3.05) is 26.8 Å². The molecule has 3 rings (SSSR count). The average molecular weight is 329 g/mol. The van der Waals surface area contributed by atoms with Crippen LogP contribution in [0.1, 0.15) is 16.8 Å². The standard InChI is InChI=1S/C18H19NO5/c1-23-16-7-6-15(13-4-2-3-5-14(13)16)18(22)19-8-9-24-12(11-19)10-17(20)21/h2-7,12H,8-11H2,1H3,(H,20,21). The zero-order chi connectivity index (χ0) is 17.1. The van der Waals surface area contributed by atoms with Crippen LogP contribution in [0.5, 0.6) is 5.75 Å². The second-order valence-electron chi connectivity index (χ2n) is 5.70. The Balaban J connectivity index is 1.90. The van der Waals surface area contributed by atoms with Gasteiger partial charge in [0.2, 0.25) is 0 Å². The summed E-state index contributed by atoms with van der Waals surface area (Å²) in [5.41, 5.74) is 0.586. The summed E-state index contributed by atoms with van der Waals surface area (Å²) in [6.07, 6.45) is -0.572. The minimum absolute atomic E-state index is 0.104. The molecule has 1 fully saturated rings. The number of morpholine rings is 1. The highest BCUT2D eigenvalue weighted by atomic mass is 16.5. The summed E-state index contributed by atoms with van der Waals surface area (Å²) in [5, 5.41) is 10.6. The van der Waals surface area contributed by atoms with E-state index in [1.54, 1.807) is 24.1 Å². The van der Waals surface area contributed by atoms with Crippen LogP contribution in [-0.2, 0) is 9.53 Å². The third-order valence-electron chi connectivity index (χ3n) is 4.16. The molecule has 24 heavy (non-hydrogen) atoms. The molecular formula is C18H19NO5. The summed E-state index contributed by atoms with van der Waals surface area (Å²) in [6, 6.07) is 11.1. The normalized spacial score (nSPS) is 17.7. The van der Waals surface area contributed by atoms with E-state index in [-0.39, 0.29) is 18.9 Å². The number of rotatable bonds is 4. The van der Waals surface area contributed by atoms with Crippen molar-refractivity contribution >= 4 is 22.6 Å². The third kappa shape index (κ3) is 3.19. The number of hydrogen-bond donors (Lipinski definition) is 1. The van der Waals surface area contributed by atoms with Crippen molar-refractivity contribution in [3.63, 3.8) is 0 Å². The Bertz CT molecular complexity index is 773. The molecule has 1 aliphatic heterocycles. The Kier molecular flexibility index (Phi) is 4.66. The first-order valence-corrected chi connectivity index (χ1v) is 7.78. The molecule has 1 heterocycles. The lowest BCUT2D eigenvalue weighted by Crippen LogP contribution is -2.46. The van der Waals surface area contributed by atoms with Gasteiger partial charge in [-0.15, -0.1) is 0 Å². The van der Waals surface area contributed by atoms with Gasteiger partial charge in [-0.1, -0.05) is 24.3 Å². The number of aliphatic carboxylic acids is 1.